The van der Waals surface area contributed by atoms with Crippen LogP contribution < -0.4 is 5.32 Å². The quantitative estimate of drug-likeness (QED) is 0.684. The Hall–Kier alpha value is -2.23. The van der Waals surface area contributed by atoms with Crippen molar-refractivity contribution >= 4 is 28.7 Å². The van der Waals surface area contributed by atoms with Crippen LogP contribution in [0, 0.1) is 5.92 Å². The molecule has 4 nitrogen and oxygen atoms in total. The fourth-order valence-corrected chi connectivity index (χ4v) is 2.15. The highest BCUT2D eigenvalue weighted by molar-refractivity contribution is 6.52. The number of hydrogen-bond donors (Lipinski definition) is 1. The van der Waals surface area contributed by atoms with Crippen LogP contribution in [0.2, 0.25) is 0 Å². The molecule has 0 unspecified atom stereocenters. The molecule has 0 saturated carbocycles. The van der Waals surface area contributed by atoms with E-state index in [1.54, 1.807) is 20.0 Å². The summed E-state index contributed by atoms with van der Waals surface area (Å²) in [6, 6.07) is 5.44. The Kier molecular flexibility index (Phi) is 4.07. The summed E-state index contributed by atoms with van der Waals surface area (Å²) >= 11 is 0. The molecule has 1 aromatic rings. The lowest BCUT2D eigenvalue weighted by molar-refractivity contribution is -0.111. The standard InChI is InChI=1S/C17H20N2O2/c1-9(2)11(4)19-15-10(3)16(20)17(21)14-8-12(18-5)6-7-13(14)15/h6-9,18H,1-5H3/b19-11+. The summed E-state index contributed by atoms with van der Waals surface area (Å²) in [5.74, 6) is -0.634. The first kappa shape index (κ1) is 15.2. The van der Waals surface area contributed by atoms with Crippen LogP contribution in [0.15, 0.2) is 28.8 Å². The zero-order chi connectivity index (χ0) is 15.7. The summed E-state index contributed by atoms with van der Waals surface area (Å²) in [7, 11) is 1.78. The molecular weight excluding hydrogens is 264 g/mol. The molecule has 0 heterocycles. The maximum absolute atomic E-state index is 12.2. The number of benzene rings is 1. The summed E-state index contributed by atoms with van der Waals surface area (Å²) in [6.45, 7) is 7.71. The van der Waals surface area contributed by atoms with E-state index in [-0.39, 0.29) is 5.92 Å². The van der Waals surface area contributed by atoms with Crippen molar-refractivity contribution < 1.29 is 9.59 Å². The molecular formula is C17H20N2O2. The van der Waals surface area contributed by atoms with Gasteiger partial charge in [0.15, 0.2) is 0 Å². The molecule has 0 aromatic heterocycles. The van der Waals surface area contributed by atoms with Crippen LogP contribution in [0.5, 0.6) is 0 Å². The maximum Gasteiger partial charge on any atom is 0.234 e. The molecule has 1 N–H and O–H groups in total. The Morgan fingerprint density at radius 1 is 1.14 bits per heavy atom. The lowest BCUT2D eigenvalue weighted by Gasteiger charge is -2.19. The third kappa shape index (κ3) is 2.66. The SMILES string of the molecule is CNc1ccc2c(c1)C(=O)C(=O)C(C)=C2/N=C(\C)C(C)C. The van der Waals surface area contributed by atoms with Gasteiger partial charge in [-0.05, 0) is 31.9 Å². The number of anilines is 1. The van der Waals surface area contributed by atoms with Crippen LogP contribution in [-0.2, 0) is 4.79 Å². The molecule has 1 aliphatic carbocycles. The normalized spacial score (nSPS) is 15.6. The summed E-state index contributed by atoms with van der Waals surface area (Å²) in [6.07, 6.45) is 0. The predicted octanol–water partition coefficient (Wildman–Crippen LogP) is 3.34. The zero-order valence-corrected chi connectivity index (χ0v) is 13.1. The van der Waals surface area contributed by atoms with Crippen molar-refractivity contribution in [2.45, 2.75) is 27.7 Å². The van der Waals surface area contributed by atoms with Crippen molar-refractivity contribution in [1.82, 2.24) is 0 Å². The fraction of sp³-hybridized carbons (Fsp3) is 0.353. The van der Waals surface area contributed by atoms with Crippen LogP contribution >= 0.6 is 0 Å². The average molecular weight is 284 g/mol. The molecule has 0 fully saturated rings. The molecule has 0 atom stereocenters. The van der Waals surface area contributed by atoms with Gasteiger partial charge in [0.2, 0.25) is 11.6 Å². The molecule has 0 aliphatic heterocycles. The summed E-state index contributed by atoms with van der Waals surface area (Å²) in [5, 5.41) is 2.98. The third-order valence-corrected chi connectivity index (χ3v) is 3.83. The minimum Gasteiger partial charge on any atom is -0.388 e. The minimum absolute atomic E-state index is 0.290. The van der Waals surface area contributed by atoms with Gasteiger partial charge in [0.05, 0.1) is 5.70 Å². The van der Waals surface area contributed by atoms with Crippen LogP contribution in [0.25, 0.3) is 5.70 Å². The molecule has 1 aromatic carbocycles. The molecule has 0 bridgehead atoms. The number of ketones is 2. The first-order valence-electron chi connectivity index (χ1n) is 7.04. The number of carbonyl (C=O) groups excluding carboxylic acids is 2. The zero-order valence-electron chi connectivity index (χ0n) is 13.1. The molecule has 0 saturated heterocycles. The number of Topliss-reactive ketones (excluding diaryl/α,β-unsaturated/α-hetero) is 2. The van der Waals surface area contributed by atoms with Gasteiger partial charge >= 0.3 is 0 Å². The summed E-state index contributed by atoms with van der Waals surface area (Å²) < 4.78 is 0. The van der Waals surface area contributed by atoms with Crippen molar-refractivity contribution in [2.75, 3.05) is 12.4 Å². The van der Waals surface area contributed by atoms with Crippen molar-refractivity contribution in [1.29, 1.82) is 0 Å². The topological polar surface area (TPSA) is 58.5 Å². The third-order valence-electron chi connectivity index (χ3n) is 3.83. The Morgan fingerprint density at radius 3 is 2.38 bits per heavy atom. The molecule has 0 amide bonds. The molecule has 110 valence electrons. The van der Waals surface area contributed by atoms with E-state index in [9.17, 15) is 9.59 Å². The Morgan fingerprint density at radius 2 is 1.81 bits per heavy atom. The second kappa shape index (κ2) is 5.64. The van der Waals surface area contributed by atoms with E-state index in [1.807, 2.05) is 19.1 Å². The number of hydrogen-bond acceptors (Lipinski definition) is 4. The maximum atomic E-state index is 12.2. The van der Waals surface area contributed by atoms with E-state index in [0.717, 1.165) is 17.0 Å². The Bertz CT molecular complexity index is 682. The van der Waals surface area contributed by atoms with E-state index in [1.165, 1.54) is 0 Å². The van der Waals surface area contributed by atoms with Gasteiger partial charge in [0.1, 0.15) is 0 Å². The van der Waals surface area contributed by atoms with E-state index < -0.39 is 11.6 Å². The average Bonchev–Trinajstić information content (AvgIpc) is 2.48. The van der Waals surface area contributed by atoms with Crippen LogP contribution in [0.4, 0.5) is 5.69 Å². The summed E-state index contributed by atoms with van der Waals surface area (Å²) in [5.41, 5.74) is 3.94. The lowest BCUT2D eigenvalue weighted by Crippen LogP contribution is -2.23. The van der Waals surface area contributed by atoms with Gasteiger partial charge in [-0.15, -0.1) is 0 Å². The number of nitrogens with zero attached hydrogens (tertiary/aromatic N) is 1. The molecule has 21 heavy (non-hydrogen) atoms. The molecule has 1 aliphatic rings. The largest absolute Gasteiger partial charge is 0.388 e. The highest BCUT2D eigenvalue weighted by atomic mass is 16.2. The second-order valence-electron chi connectivity index (χ2n) is 5.55. The number of fused-ring (bicyclic) bond motifs is 1. The second-order valence-corrected chi connectivity index (χ2v) is 5.55. The Labute approximate surface area is 125 Å². The lowest BCUT2D eigenvalue weighted by atomic mass is 9.87. The van der Waals surface area contributed by atoms with Gasteiger partial charge in [-0.1, -0.05) is 19.9 Å². The molecule has 0 radical (unpaired) electrons. The number of allylic oxidation sites excluding steroid dienone is 1. The van der Waals surface area contributed by atoms with E-state index in [4.69, 9.17) is 0 Å². The highest BCUT2D eigenvalue weighted by Gasteiger charge is 2.30. The van der Waals surface area contributed by atoms with E-state index in [0.29, 0.717) is 16.8 Å². The predicted molar refractivity (Wildman–Crippen MR) is 85.9 cm³/mol. The molecule has 0 spiro atoms. The number of rotatable bonds is 3. The summed E-state index contributed by atoms with van der Waals surface area (Å²) in [4.78, 5) is 29.0. The first-order valence-corrected chi connectivity index (χ1v) is 7.04. The van der Waals surface area contributed by atoms with Gasteiger partial charge in [-0.3, -0.25) is 14.6 Å². The van der Waals surface area contributed by atoms with E-state index in [2.05, 4.69) is 24.2 Å². The first-order chi connectivity index (χ1) is 9.86. The number of aliphatic imine (C=N–C) groups is 1. The minimum atomic E-state index is -0.467. The van der Waals surface area contributed by atoms with Crippen LogP contribution in [0.3, 0.4) is 0 Å². The number of nitrogens with one attached hydrogen (secondary N) is 1. The molecule has 2 rings (SSSR count). The van der Waals surface area contributed by atoms with Crippen molar-refractivity contribution in [2.24, 2.45) is 10.9 Å². The molecule has 4 heteroatoms. The Balaban J connectivity index is 2.68. The van der Waals surface area contributed by atoms with Gasteiger partial charge in [-0.2, -0.15) is 0 Å². The fourth-order valence-electron chi connectivity index (χ4n) is 2.15. The van der Waals surface area contributed by atoms with Crippen LogP contribution in [-0.4, -0.2) is 24.3 Å². The number of carbonyl (C=O) groups is 2. The highest BCUT2D eigenvalue weighted by Crippen LogP contribution is 2.32. The van der Waals surface area contributed by atoms with Gasteiger partial charge < -0.3 is 5.32 Å². The van der Waals surface area contributed by atoms with Gasteiger partial charge in [0, 0.05) is 35.1 Å². The monoisotopic (exact) mass is 284 g/mol. The van der Waals surface area contributed by atoms with E-state index >= 15 is 0 Å². The van der Waals surface area contributed by atoms with Gasteiger partial charge in [0.25, 0.3) is 0 Å². The van der Waals surface area contributed by atoms with Crippen molar-refractivity contribution in [3.05, 3.63) is 34.9 Å². The van der Waals surface area contributed by atoms with Gasteiger partial charge in [-0.25, -0.2) is 0 Å². The van der Waals surface area contributed by atoms with Crippen molar-refractivity contribution in [3.63, 3.8) is 0 Å². The van der Waals surface area contributed by atoms with Crippen molar-refractivity contribution in [3.8, 4) is 0 Å². The van der Waals surface area contributed by atoms with Crippen LogP contribution in [0.1, 0.15) is 43.6 Å². The smallest absolute Gasteiger partial charge is 0.234 e.